The van der Waals surface area contributed by atoms with Crippen LogP contribution < -0.4 is 10.6 Å². The molecular weight excluding hydrogens is 374 g/mol. The SMILES string of the molecule is Cc1ccc(NC(=O)c2ccccc2)cc1NC(=O)c1ccc2nccc(C)c2c1. The van der Waals surface area contributed by atoms with Gasteiger partial charge >= 0.3 is 0 Å². The average molecular weight is 395 g/mol. The highest BCUT2D eigenvalue weighted by atomic mass is 16.2. The van der Waals surface area contributed by atoms with Gasteiger partial charge in [-0.25, -0.2) is 0 Å². The number of pyridine rings is 1. The third-order valence-corrected chi connectivity index (χ3v) is 5.00. The predicted octanol–water partition coefficient (Wildman–Crippen LogP) is 5.36. The summed E-state index contributed by atoms with van der Waals surface area (Å²) in [7, 11) is 0. The molecule has 0 radical (unpaired) electrons. The molecule has 3 aromatic carbocycles. The maximum Gasteiger partial charge on any atom is 0.255 e. The first kappa shape index (κ1) is 19.3. The molecule has 0 bridgehead atoms. The van der Waals surface area contributed by atoms with Gasteiger partial charge in [0.2, 0.25) is 0 Å². The number of hydrogen-bond acceptors (Lipinski definition) is 3. The Kier molecular flexibility index (Phi) is 5.26. The molecule has 4 aromatic rings. The second kappa shape index (κ2) is 8.17. The summed E-state index contributed by atoms with van der Waals surface area (Å²) in [6.45, 7) is 3.90. The molecule has 0 fully saturated rings. The standard InChI is InChI=1S/C25H21N3O2/c1-16-12-13-26-22-11-9-19(14-21(16)22)25(30)28-23-15-20(10-8-17(23)2)27-24(29)18-6-4-3-5-7-18/h3-15H,1-2H3,(H,27,29)(H,28,30). The molecule has 30 heavy (non-hydrogen) atoms. The molecule has 0 unspecified atom stereocenters. The fourth-order valence-corrected chi connectivity index (χ4v) is 3.25. The molecule has 0 saturated heterocycles. The number of carbonyl (C=O) groups is 2. The number of rotatable bonds is 4. The molecule has 0 aliphatic carbocycles. The van der Waals surface area contributed by atoms with Crippen LogP contribution in [0, 0.1) is 13.8 Å². The number of benzene rings is 3. The van der Waals surface area contributed by atoms with Gasteiger partial charge in [-0.15, -0.1) is 0 Å². The minimum atomic E-state index is -0.213. The Morgan fingerprint density at radius 2 is 1.50 bits per heavy atom. The van der Waals surface area contributed by atoms with Gasteiger partial charge in [0.1, 0.15) is 0 Å². The molecule has 5 heteroatoms. The van der Waals surface area contributed by atoms with Gasteiger partial charge in [0.05, 0.1) is 5.52 Å². The van der Waals surface area contributed by atoms with Gasteiger partial charge in [0.15, 0.2) is 0 Å². The molecule has 1 heterocycles. The first-order valence-electron chi connectivity index (χ1n) is 9.65. The molecule has 0 aliphatic rings. The zero-order valence-corrected chi connectivity index (χ0v) is 16.8. The number of carbonyl (C=O) groups excluding carboxylic acids is 2. The highest BCUT2D eigenvalue weighted by molar-refractivity contribution is 6.08. The Morgan fingerprint density at radius 3 is 2.30 bits per heavy atom. The van der Waals surface area contributed by atoms with Crippen molar-refractivity contribution in [1.29, 1.82) is 0 Å². The number of aromatic nitrogens is 1. The van der Waals surface area contributed by atoms with Crippen LogP contribution in [0.4, 0.5) is 11.4 Å². The van der Waals surface area contributed by atoms with E-state index in [1.54, 1.807) is 30.5 Å². The monoisotopic (exact) mass is 395 g/mol. The summed E-state index contributed by atoms with van der Waals surface area (Å²) in [5, 5.41) is 6.78. The average Bonchev–Trinajstić information content (AvgIpc) is 2.76. The fraction of sp³-hybridized carbons (Fsp3) is 0.0800. The summed E-state index contributed by atoms with van der Waals surface area (Å²) < 4.78 is 0. The van der Waals surface area contributed by atoms with Crippen molar-refractivity contribution in [3.05, 3.63) is 101 Å². The number of nitrogens with one attached hydrogen (secondary N) is 2. The van der Waals surface area contributed by atoms with E-state index in [-0.39, 0.29) is 11.8 Å². The lowest BCUT2D eigenvalue weighted by Gasteiger charge is -2.12. The largest absolute Gasteiger partial charge is 0.322 e. The highest BCUT2D eigenvalue weighted by Crippen LogP contribution is 2.23. The Labute approximate surface area is 174 Å². The van der Waals surface area contributed by atoms with Crippen LogP contribution in [0.3, 0.4) is 0 Å². The van der Waals surface area contributed by atoms with Crippen LogP contribution in [0.2, 0.25) is 0 Å². The topological polar surface area (TPSA) is 71.1 Å². The molecule has 0 spiro atoms. The summed E-state index contributed by atoms with van der Waals surface area (Å²) in [5.74, 6) is -0.413. The molecule has 148 valence electrons. The van der Waals surface area contributed by atoms with E-state index in [1.165, 1.54) is 0 Å². The third-order valence-electron chi connectivity index (χ3n) is 5.00. The molecule has 0 saturated carbocycles. The maximum atomic E-state index is 12.9. The number of nitrogens with zero attached hydrogens (tertiary/aromatic N) is 1. The van der Waals surface area contributed by atoms with E-state index < -0.39 is 0 Å². The number of anilines is 2. The van der Waals surface area contributed by atoms with Crippen molar-refractivity contribution in [2.45, 2.75) is 13.8 Å². The Morgan fingerprint density at radius 1 is 0.733 bits per heavy atom. The number of amides is 2. The van der Waals surface area contributed by atoms with Crippen LogP contribution in [0.5, 0.6) is 0 Å². The lowest BCUT2D eigenvalue weighted by molar-refractivity contribution is 0.101. The molecular formula is C25H21N3O2. The second-order valence-corrected chi connectivity index (χ2v) is 7.16. The minimum absolute atomic E-state index is 0.200. The van der Waals surface area contributed by atoms with Crippen LogP contribution in [-0.4, -0.2) is 16.8 Å². The Balaban J connectivity index is 1.55. The van der Waals surface area contributed by atoms with Crippen molar-refractivity contribution in [2.75, 3.05) is 10.6 Å². The van der Waals surface area contributed by atoms with Crippen molar-refractivity contribution in [3.63, 3.8) is 0 Å². The van der Waals surface area contributed by atoms with Crippen molar-refractivity contribution < 1.29 is 9.59 Å². The van der Waals surface area contributed by atoms with Gasteiger partial charge in [0, 0.05) is 34.1 Å². The Bertz CT molecular complexity index is 1250. The number of fused-ring (bicyclic) bond motifs is 1. The molecule has 0 atom stereocenters. The van der Waals surface area contributed by atoms with Crippen molar-refractivity contribution >= 4 is 34.1 Å². The van der Waals surface area contributed by atoms with E-state index in [1.807, 2.05) is 62.4 Å². The van der Waals surface area contributed by atoms with Crippen molar-refractivity contribution in [1.82, 2.24) is 4.98 Å². The summed E-state index contributed by atoms with van der Waals surface area (Å²) in [5.41, 5.74) is 5.21. The maximum absolute atomic E-state index is 12.9. The summed E-state index contributed by atoms with van der Waals surface area (Å²) in [4.78, 5) is 29.6. The Hall–Kier alpha value is -3.99. The fourth-order valence-electron chi connectivity index (χ4n) is 3.25. The summed E-state index contributed by atoms with van der Waals surface area (Å²) in [6.07, 6.45) is 1.76. The third kappa shape index (κ3) is 4.05. The van der Waals surface area contributed by atoms with Crippen molar-refractivity contribution in [2.24, 2.45) is 0 Å². The van der Waals surface area contributed by atoms with Crippen LogP contribution >= 0.6 is 0 Å². The van der Waals surface area contributed by atoms with E-state index in [0.29, 0.717) is 22.5 Å². The smallest absolute Gasteiger partial charge is 0.255 e. The van der Waals surface area contributed by atoms with E-state index in [2.05, 4.69) is 15.6 Å². The van der Waals surface area contributed by atoms with Crippen molar-refractivity contribution in [3.8, 4) is 0 Å². The molecule has 2 amide bonds. The minimum Gasteiger partial charge on any atom is -0.322 e. The zero-order chi connectivity index (χ0) is 21.1. The van der Waals surface area contributed by atoms with Gasteiger partial charge in [-0.05, 0) is 73.5 Å². The van der Waals surface area contributed by atoms with E-state index in [4.69, 9.17) is 0 Å². The van der Waals surface area contributed by atoms with Gasteiger partial charge in [-0.1, -0.05) is 24.3 Å². The first-order chi connectivity index (χ1) is 14.5. The highest BCUT2D eigenvalue weighted by Gasteiger charge is 2.12. The number of aryl methyl sites for hydroxylation is 2. The van der Waals surface area contributed by atoms with Gasteiger partial charge < -0.3 is 10.6 Å². The molecule has 1 aromatic heterocycles. The van der Waals surface area contributed by atoms with E-state index >= 15 is 0 Å². The first-order valence-corrected chi connectivity index (χ1v) is 9.65. The van der Waals surface area contributed by atoms with Gasteiger partial charge in [-0.2, -0.15) is 0 Å². The molecule has 5 nitrogen and oxygen atoms in total. The van der Waals surface area contributed by atoms with Crippen LogP contribution in [0.1, 0.15) is 31.8 Å². The van der Waals surface area contributed by atoms with E-state index in [9.17, 15) is 9.59 Å². The van der Waals surface area contributed by atoms with Crippen LogP contribution in [0.15, 0.2) is 79.0 Å². The lowest BCUT2D eigenvalue weighted by atomic mass is 10.1. The quantitative estimate of drug-likeness (QED) is 0.489. The lowest BCUT2D eigenvalue weighted by Crippen LogP contribution is -2.14. The van der Waals surface area contributed by atoms with E-state index in [0.717, 1.165) is 22.0 Å². The van der Waals surface area contributed by atoms with Gasteiger partial charge in [-0.3, -0.25) is 14.6 Å². The normalized spacial score (nSPS) is 10.6. The van der Waals surface area contributed by atoms with Crippen LogP contribution in [-0.2, 0) is 0 Å². The molecule has 0 aliphatic heterocycles. The number of hydrogen-bond donors (Lipinski definition) is 2. The second-order valence-electron chi connectivity index (χ2n) is 7.16. The summed E-state index contributed by atoms with van der Waals surface area (Å²) in [6, 6.07) is 21.8. The molecule has 4 rings (SSSR count). The zero-order valence-electron chi connectivity index (χ0n) is 16.8. The molecule has 2 N–H and O–H groups in total. The predicted molar refractivity (Wildman–Crippen MR) is 120 cm³/mol. The van der Waals surface area contributed by atoms with Crippen LogP contribution in [0.25, 0.3) is 10.9 Å². The van der Waals surface area contributed by atoms with Gasteiger partial charge in [0.25, 0.3) is 11.8 Å². The summed E-state index contributed by atoms with van der Waals surface area (Å²) >= 11 is 0.